The zero-order valence-electron chi connectivity index (χ0n) is 10.9. The molecule has 0 N–H and O–H groups in total. The van der Waals surface area contributed by atoms with Gasteiger partial charge in [0.15, 0.2) is 0 Å². The number of nitrogens with zero attached hydrogens (tertiary/aromatic N) is 4. The molecular formula is C12H11F2IN4O2. The first-order valence-corrected chi connectivity index (χ1v) is 6.93. The molecule has 2 rings (SSSR count). The number of hydrogen-bond donors (Lipinski definition) is 0. The molecule has 1 heterocycles. The molecule has 21 heavy (non-hydrogen) atoms. The molecule has 0 saturated carbocycles. The summed E-state index contributed by atoms with van der Waals surface area (Å²) in [7, 11) is 1.60. The second kappa shape index (κ2) is 6.33. The number of hydrogen-bond acceptors (Lipinski definition) is 4. The summed E-state index contributed by atoms with van der Waals surface area (Å²) in [4.78, 5) is 16.0. The minimum Gasteiger partial charge on any atom is -0.362 e. The Morgan fingerprint density at radius 3 is 2.86 bits per heavy atom. The molecule has 0 atom stereocenters. The van der Waals surface area contributed by atoms with Crippen molar-refractivity contribution in [3.8, 4) is 0 Å². The van der Waals surface area contributed by atoms with Crippen LogP contribution in [-0.4, -0.2) is 21.5 Å². The van der Waals surface area contributed by atoms with Crippen LogP contribution in [0.4, 0.5) is 20.2 Å². The average Bonchev–Trinajstić information content (AvgIpc) is 2.86. The number of alkyl halides is 2. The second-order valence-corrected chi connectivity index (χ2v) is 5.52. The Labute approximate surface area is 132 Å². The molecule has 2 aromatic rings. The molecule has 0 bridgehead atoms. The van der Waals surface area contributed by atoms with E-state index >= 15 is 0 Å². The molecule has 1 aromatic carbocycles. The zero-order valence-corrected chi connectivity index (χ0v) is 13.1. The van der Waals surface area contributed by atoms with Gasteiger partial charge in [0.05, 0.1) is 11.5 Å². The highest BCUT2D eigenvalue weighted by Crippen LogP contribution is 2.30. The van der Waals surface area contributed by atoms with E-state index in [1.165, 1.54) is 23.4 Å². The molecule has 6 nitrogen and oxygen atoms in total. The van der Waals surface area contributed by atoms with Crippen LogP contribution in [0.1, 0.15) is 12.4 Å². The smallest absolute Gasteiger partial charge is 0.319 e. The van der Waals surface area contributed by atoms with Gasteiger partial charge in [-0.3, -0.25) is 14.7 Å². The van der Waals surface area contributed by atoms with Gasteiger partial charge in [0, 0.05) is 29.1 Å². The number of anilines is 1. The van der Waals surface area contributed by atoms with Crippen molar-refractivity contribution in [3.63, 3.8) is 0 Å². The molecule has 0 amide bonds. The molecule has 9 heteroatoms. The molecule has 0 aliphatic rings. The molecule has 0 saturated heterocycles. The number of nitro benzene ring substituents is 1. The summed E-state index contributed by atoms with van der Waals surface area (Å²) >= 11 is 1.98. The molecule has 0 aliphatic heterocycles. The van der Waals surface area contributed by atoms with Crippen molar-refractivity contribution in [1.82, 2.24) is 9.55 Å². The van der Waals surface area contributed by atoms with Gasteiger partial charge in [-0.25, -0.2) is 4.98 Å². The lowest BCUT2D eigenvalue weighted by Crippen LogP contribution is -2.21. The highest BCUT2D eigenvalue weighted by atomic mass is 127. The standard InChI is InChI=1S/C12H11F2IN4O2/c1-17(7-11-16-4-5-18(11)12(13)14)9-3-2-8(15)6-10(9)19(20)21/h2-6,12H,7H2,1H3. The van der Waals surface area contributed by atoms with Crippen molar-refractivity contribution in [2.24, 2.45) is 0 Å². The van der Waals surface area contributed by atoms with Crippen LogP contribution < -0.4 is 4.90 Å². The largest absolute Gasteiger partial charge is 0.362 e. The summed E-state index contributed by atoms with van der Waals surface area (Å²) in [5.41, 5.74) is 0.281. The van der Waals surface area contributed by atoms with E-state index < -0.39 is 11.5 Å². The summed E-state index contributed by atoms with van der Waals surface area (Å²) < 4.78 is 27.0. The first-order chi connectivity index (χ1) is 9.90. The molecule has 0 spiro atoms. The summed E-state index contributed by atoms with van der Waals surface area (Å²) in [6.45, 7) is -2.65. The second-order valence-electron chi connectivity index (χ2n) is 4.27. The maximum Gasteiger partial charge on any atom is 0.319 e. The quantitative estimate of drug-likeness (QED) is 0.432. The van der Waals surface area contributed by atoms with Gasteiger partial charge in [-0.2, -0.15) is 8.78 Å². The lowest BCUT2D eigenvalue weighted by atomic mass is 10.2. The number of aromatic nitrogens is 2. The maximum absolute atomic E-state index is 12.8. The van der Waals surface area contributed by atoms with E-state index in [1.807, 2.05) is 22.6 Å². The fourth-order valence-corrected chi connectivity index (χ4v) is 2.38. The van der Waals surface area contributed by atoms with E-state index in [-0.39, 0.29) is 18.1 Å². The van der Waals surface area contributed by atoms with Gasteiger partial charge in [0.25, 0.3) is 5.69 Å². The molecule has 0 unspecified atom stereocenters. The van der Waals surface area contributed by atoms with Crippen molar-refractivity contribution >= 4 is 34.0 Å². The van der Waals surface area contributed by atoms with Crippen LogP contribution in [0.2, 0.25) is 0 Å². The Balaban J connectivity index is 2.30. The third kappa shape index (κ3) is 3.46. The van der Waals surface area contributed by atoms with Crippen molar-refractivity contribution < 1.29 is 13.7 Å². The lowest BCUT2D eigenvalue weighted by Gasteiger charge is -2.19. The predicted octanol–water partition coefficient (Wildman–Crippen LogP) is 3.43. The summed E-state index contributed by atoms with van der Waals surface area (Å²) in [5, 5.41) is 11.1. The highest BCUT2D eigenvalue weighted by molar-refractivity contribution is 14.1. The molecular weight excluding hydrogens is 397 g/mol. The lowest BCUT2D eigenvalue weighted by molar-refractivity contribution is -0.384. The van der Waals surface area contributed by atoms with Crippen LogP contribution in [0.3, 0.4) is 0 Å². The van der Waals surface area contributed by atoms with Crippen molar-refractivity contribution in [2.75, 3.05) is 11.9 Å². The zero-order chi connectivity index (χ0) is 15.6. The van der Waals surface area contributed by atoms with E-state index in [4.69, 9.17) is 0 Å². The van der Waals surface area contributed by atoms with Crippen LogP contribution in [0, 0.1) is 13.7 Å². The number of benzene rings is 1. The van der Waals surface area contributed by atoms with Gasteiger partial charge >= 0.3 is 6.55 Å². The third-order valence-electron chi connectivity index (χ3n) is 2.88. The average molecular weight is 408 g/mol. The fraction of sp³-hybridized carbons (Fsp3) is 0.250. The Morgan fingerprint density at radius 2 is 2.24 bits per heavy atom. The normalized spacial score (nSPS) is 10.9. The van der Waals surface area contributed by atoms with E-state index in [1.54, 1.807) is 19.2 Å². The topological polar surface area (TPSA) is 64.2 Å². The molecule has 1 aromatic heterocycles. The summed E-state index contributed by atoms with van der Waals surface area (Å²) in [5.74, 6) is 0.139. The van der Waals surface area contributed by atoms with Crippen molar-refractivity contribution in [2.45, 2.75) is 13.1 Å². The third-order valence-corrected chi connectivity index (χ3v) is 3.55. The van der Waals surface area contributed by atoms with E-state index in [0.29, 0.717) is 5.69 Å². The molecule has 0 aliphatic carbocycles. The molecule has 0 radical (unpaired) electrons. The van der Waals surface area contributed by atoms with Crippen LogP contribution in [-0.2, 0) is 6.54 Å². The summed E-state index contributed by atoms with van der Waals surface area (Å²) in [6, 6.07) is 4.75. The maximum atomic E-state index is 12.8. The predicted molar refractivity (Wildman–Crippen MR) is 81.4 cm³/mol. The fourth-order valence-electron chi connectivity index (χ4n) is 1.91. The van der Waals surface area contributed by atoms with E-state index in [0.717, 1.165) is 8.14 Å². The van der Waals surface area contributed by atoms with Gasteiger partial charge in [0.1, 0.15) is 11.5 Å². The van der Waals surface area contributed by atoms with Crippen LogP contribution in [0.15, 0.2) is 30.6 Å². The SMILES string of the molecule is CN(Cc1nccn1C(F)F)c1ccc(I)cc1[N+](=O)[O-]. The minimum absolute atomic E-state index is 0.0404. The summed E-state index contributed by atoms with van der Waals surface area (Å²) in [6.07, 6.45) is 2.45. The van der Waals surface area contributed by atoms with Crippen LogP contribution >= 0.6 is 22.6 Å². The van der Waals surface area contributed by atoms with Gasteiger partial charge < -0.3 is 4.90 Å². The monoisotopic (exact) mass is 408 g/mol. The first-order valence-electron chi connectivity index (χ1n) is 5.85. The number of rotatable bonds is 5. The highest BCUT2D eigenvalue weighted by Gasteiger charge is 2.20. The van der Waals surface area contributed by atoms with E-state index in [9.17, 15) is 18.9 Å². The Bertz CT molecular complexity index is 662. The Hall–Kier alpha value is -1.78. The number of nitro groups is 1. The Morgan fingerprint density at radius 1 is 1.52 bits per heavy atom. The van der Waals surface area contributed by atoms with Gasteiger partial charge in [-0.15, -0.1) is 0 Å². The van der Waals surface area contributed by atoms with Gasteiger partial charge in [-0.1, -0.05) is 0 Å². The Kier molecular flexibility index (Phi) is 4.70. The van der Waals surface area contributed by atoms with Crippen LogP contribution in [0.25, 0.3) is 0 Å². The van der Waals surface area contributed by atoms with Gasteiger partial charge in [0.2, 0.25) is 0 Å². The molecule has 0 fully saturated rings. The van der Waals surface area contributed by atoms with E-state index in [2.05, 4.69) is 4.98 Å². The first kappa shape index (κ1) is 15.6. The van der Waals surface area contributed by atoms with Crippen LogP contribution in [0.5, 0.6) is 0 Å². The van der Waals surface area contributed by atoms with Crippen molar-refractivity contribution in [1.29, 1.82) is 0 Å². The molecule has 112 valence electrons. The number of imidazole rings is 1. The van der Waals surface area contributed by atoms with Gasteiger partial charge in [-0.05, 0) is 34.7 Å². The minimum atomic E-state index is -2.69. The van der Waals surface area contributed by atoms with Crippen molar-refractivity contribution in [3.05, 3.63) is 50.1 Å². The number of halogens is 3.